The zero-order chi connectivity index (χ0) is 24.3. The largest absolute Gasteiger partial charge is 0.493 e. The molecule has 1 amide bonds. The lowest BCUT2D eigenvalue weighted by Gasteiger charge is -2.16. The van der Waals surface area contributed by atoms with Crippen LogP contribution in [-0.4, -0.2) is 40.3 Å². The Hall–Kier alpha value is -2.75. The lowest BCUT2D eigenvalue weighted by atomic mass is 10.0. The maximum atomic E-state index is 13.3. The van der Waals surface area contributed by atoms with E-state index in [4.69, 9.17) is 30.5 Å². The van der Waals surface area contributed by atoms with Crippen LogP contribution in [0.3, 0.4) is 0 Å². The van der Waals surface area contributed by atoms with Crippen LogP contribution in [0.25, 0.3) is 11.1 Å². The Balaban J connectivity index is 2.12. The minimum atomic E-state index is -0.575. The summed E-state index contributed by atoms with van der Waals surface area (Å²) in [6.45, 7) is 1.86. The fourth-order valence-electron chi connectivity index (χ4n) is 3.38. The first-order valence-electron chi connectivity index (χ1n) is 9.54. The number of nitrogens with one attached hydrogen (secondary N) is 1. The summed E-state index contributed by atoms with van der Waals surface area (Å²) in [5.74, 6) is -0.0947. The van der Waals surface area contributed by atoms with Gasteiger partial charge in [-0.15, -0.1) is 11.3 Å². The summed E-state index contributed by atoms with van der Waals surface area (Å²) in [4.78, 5) is 26.8. The highest BCUT2D eigenvalue weighted by atomic mass is 79.9. The van der Waals surface area contributed by atoms with Crippen molar-refractivity contribution in [1.29, 1.82) is 0 Å². The smallest absolute Gasteiger partial charge is 0.341 e. The summed E-state index contributed by atoms with van der Waals surface area (Å²) in [5.41, 5.74) is 1.87. The van der Waals surface area contributed by atoms with Crippen LogP contribution in [0.15, 0.2) is 34.8 Å². The number of carbonyl (C=O) groups excluding carboxylic acids is 2. The van der Waals surface area contributed by atoms with E-state index in [1.165, 1.54) is 45.8 Å². The number of hydrogen-bond acceptors (Lipinski definition) is 7. The molecule has 0 aliphatic heterocycles. The Morgan fingerprint density at radius 2 is 1.73 bits per heavy atom. The lowest BCUT2D eigenvalue weighted by Crippen LogP contribution is -2.15. The summed E-state index contributed by atoms with van der Waals surface area (Å²) < 4.78 is 21.5. The molecule has 0 unspecified atom stereocenters. The number of aryl methyl sites for hydroxylation is 1. The molecule has 7 nitrogen and oxygen atoms in total. The molecule has 1 N–H and O–H groups in total. The van der Waals surface area contributed by atoms with Crippen molar-refractivity contribution >= 4 is 55.7 Å². The molecular formula is C23H21BrClNO6S. The number of benzene rings is 2. The number of hydrogen-bond donors (Lipinski definition) is 1. The van der Waals surface area contributed by atoms with Crippen molar-refractivity contribution in [3.05, 3.63) is 55.8 Å². The Morgan fingerprint density at radius 1 is 1.03 bits per heavy atom. The van der Waals surface area contributed by atoms with E-state index >= 15 is 0 Å². The van der Waals surface area contributed by atoms with Crippen LogP contribution in [0.2, 0.25) is 5.02 Å². The van der Waals surface area contributed by atoms with Crippen LogP contribution in [0, 0.1) is 6.92 Å². The fourth-order valence-corrected chi connectivity index (χ4v) is 5.26. The predicted molar refractivity (Wildman–Crippen MR) is 133 cm³/mol. The third-order valence-electron chi connectivity index (χ3n) is 4.83. The van der Waals surface area contributed by atoms with E-state index < -0.39 is 11.9 Å². The highest BCUT2D eigenvalue weighted by Crippen LogP contribution is 2.46. The van der Waals surface area contributed by atoms with Crippen LogP contribution in [-0.2, 0) is 4.74 Å². The van der Waals surface area contributed by atoms with E-state index in [0.29, 0.717) is 37.3 Å². The second kappa shape index (κ2) is 10.5. The second-order valence-corrected chi connectivity index (χ2v) is 9.15. The van der Waals surface area contributed by atoms with Gasteiger partial charge in [-0.05, 0) is 46.6 Å². The van der Waals surface area contributed by atoms with Gasteiger partial charge in [0.05, 0.1) is 38.5 Å². The Kier molecular flexibility index (Phi) is 7.88. The first-order valence-corrected chi connectivity index (χ1v) is 11.5. The first-order chi connectivity index (χ1) is 15.8. The number of methoxy groups -OCH3 is 4. The van der Waals surface area contributed by atoms with Crippen molar-refractivity contribution in [1.82, 2.24) is 0 Å². The molecule has 1 aromatic heterocycles. The van der Waals surface area contributed by atoms with E-state index in [0.717, 1.165) is 10.4 Å². The van der Waals surface area contributed by atoms with Gasteiger partial charge in [-0.3, -0.25) is 4.79 Å². The molecule has 0 spiro atoms. The Bertz CT molecular complexity index is 1230. The fraction of sp³-hybridized carbons (Fsp3) is 0.217. The van der Waals surface area contributed by atoms with Gasteiger partial charge in [0.25, 0.3) is 5.91 Å². The van der Waals surface area contributed by atoms with E-state index in [1.54, 1.807) is 18.2 Å². The average Bonchev–Trinajstić information content (AvgIpc) is 3.13. The third-order valence-corrected chi connectivity index (χ3v) is 6.87. The maximum absolute atomic E-state index is 13.3. The van der Waals surface area contributed by atoms with Gasteiger partial charge >= 0.3 is 5.97 Å². The van der Waals surface area contributed by atoms with E-state index in [1.807, 2.05) is 13.0 Å². The minimum absolute atomic E-state index is 0.232. The van der Waals surface area contributed by atoms with Gasteiger partial charge in [0, 0.05) is 15.5 Å². The lowest BCUT2D eigenvalue weighted by molar-refractivity contribution is 0.0603. The Morgan fingerprint density at radius 3 is 2.30 bits per heavy atom. The number of ether oxygens (including phenoxy) is 4. The number of rotatable bonds is 7. The highest BCUT2D eigenvalue weighted by Gasteiger charge is 2.28. The monoisotopic (exact) mass is 553 g/mol. The van der Waals surface area contributed by atoms with Crippen LogP contribution < -0.4 is 19.5 Å². The molecule has 33 heavy (non-hydrogen) atoms. The van der Waals surface area contributed by atoms with Gasteiger partial charge in [0.15, 0.2) is 11.5 Å². The van der Waals surface area contributed by atoms with E-state index in [2.05, 4.69) is 21.2 Å². The van der Waals surface area contributed by atoms with Crippen molar-refractivity contribution in [2.24, 2.45) is 0 Å². The van der Waals surface area contributed by atoms with Crippen molar-refractivity contribution in [2.45, 2.75) is 6.92 Å². The second-order valence-electron chi connectivity index (χ2n) is 6.70. The zero-order valence-corrected chi connectivity index (χ0v) is 21.7. The van der Waals surface area contributed by atoms with Gasteiger partial charge in [-0.25, -0.2) is 4.79 Å². The molecule has 0 aliphatic rings. The molecular weight excluding hydrogens is 534 g/mol. The average molecular weight is 555 g/mol. The number of anilines is 1. The third kappa shape index (κ3) is 4.80. The number of amides is 1. The SMILES string of the molecule is COC(=O)c1c(NC(=O)c2cc(OC)c(OC)c(OC)c2Br)sc(C)c1-c1cccc(Cl)c1. The van der Waals surface area contributed by atoms with E-state index in [9.17, 15) is 9.59 Å². The first kappa shape index (κ1) is 24.9. The Labute approximate surface area is 208 Å². The van der Waals surface area contributed by atoms with Crippen LogP contribution in [0.1, 0.15) is 25.6 Å². The van der Waals surface area contributed by atoms with Crippen molar-refractivity contribution in [3.8, 4) is 28.4 Å². The summed E-state index contributed by atoms with van der Waals surface area (Å²) in [5, 5.41) is 3.71. The number of halogens is 2. The molecule has 3 rings (SSSR count). The number of thiophene rings is 1. The topological polar surface area (TPSA) is 83.1 Å². The highest BCUT2D eigenvalue weighted by molar-refractivity contribution is 9.10. The predicted octanol–water partition coefficient (Wildman–Crippen LogP) is 6.20. The summed E-state index contributed by atoms with van der Waals surface area (Å²) >= 11 is 10.8. The molecule has 0 fully saturated rings. The van der Waals surface area contributed by atoms with Gasteiger partial charge < -0.3 is 24.3 Å². The van der Waals surface area contributed by atoms with Gasteiger partial charge in [-0.1, -0.05) is 23.7 Å². The normalized spacial score (nSPS) is 10.5. The molecule has 3 aromatic rings. The van der Waals surface area contributed by atoms with Crippen molar-refractivity contribution in [2.75, 3.05) is 33.8 Å². The molecule has 0 saturated heterocycles. The summed E-state index contributed by atoms with van der Waals surface area (Å²) in [7, 11) is 5.68. The molecule has 0 aliphatic carbocycles. The molecule has 10 heteroatoms. The molecule has 0 bridgehead atoms. The summed E-state index contributed by atoms with van der Waals surface area (Å²) in [6, 6.07) is 8.66. The van der Waals surface area contributed by atoms with Gasteiger partial charge in [-0.2, -0.15) is 0 Å². The van der Waals surface area contributed by atoms with E-state index in [-0.39, 0.29) is 11.1 Å². The zero-order valence-electron chi connectivity index (χ0n) is 18.5. The molecule has 0 atom stereocenters. The van der Waals surface area contributed by atoms with Crippen molar-refractivity contribution < 1.29 is 28.5 Å². The molecule has 174 valence electrons. The molecule has 0 radical (unpaired) electrons. The number of esters is 1. The van der Waals surface area contributed by atoms with Crippen LogP contribution in [0.4, 0.5) is 5.00 Å². The number of carbonyl (C=O) groups is 2. The van der Waals surface area contributed by atoms with Crippen molar-refractivity contribution in [3.63, 3.8) is 0 Å². The van der Waals surface area contributed by atoms with Gasteiger partial charge in [0.1, 0.15) is 10.6 Å². The van der Waals surface area contributed by atoms with Crippen LogP contribution in [0.5, 0.6) is 17.2 Å². The maximum Gasteiger partial charge on any atom is 0.341 e. The standard InChI is InChI=1S/C23H21BrClNO6S/c1-11-16(12-7-6-8-13(25)9-12)17(23(28)32-5)22(33-11)26-21(27)14-10-15(29-2)19(30-3)20(31-4)18(14)24/h6-10H,1-5H3,(H,26,27). The molecule has 1 heterocycles. The minimum Gasteiger partial charge on any atom is -0.493 e. The quantitative estimate of drug-likeness (QED) is 0.350. The molecule has 2 aromatic carbocycles. The van der Waals surface area contributed by atoms with Gasteiger partial charge in [0.2, 0.25) is 5.75 Å². The molecule has 0 saturated carbocycles. The van der Waals surface area contributed by atoms with Crippen LogP contribution >= 0.6 is 38.9 Å². The summed E-state index contributed by atoms with van der Waals surface area (Å²) in [6.07, 6.45) is 0.